The van der Waals surface area contributed by atoms with Gasteiger partial charge in [0.15, 0.2) is 0 Å². The standard InChI is InChI=1S/C17H24N2O2/c1-10(2)13-7-6-8-14(9-13)19-15(11(3)4)16(20)18-12(5)17(19)21/h6-12,15H,1-5H3,(H,18,20). The van der Waals surface area contributed by atoms with E-state index in [-0.39, 0.29) is 17.7 Å². The molecule has 0 bridgehead atoms. The lowest BCUT2D eigenvalue weighted by atomic mass is 9.95. The third-order valence-electron chi connectivity index (χ3n) is 3.96. The molecule has 0 spiro atoms. The van der Waals surface area contributed by atoms with Crippen LogP contribution in [-0.2, 0) is 9.59 Å². The molecular weight excluding hydrogens is 264 g/mol. The number of carbonyl (C=O) groups is 2. The van der Waals surface area contributed by atoms with Crippen molar-refractivity contribution >= 4 is 17.5 Å². The number of hydrogen-bond acceptors (Lipinski definition) is 2. The first-order valence-corrected chi connectivity index (χ1v) is 7.56. The van der Waals surface area contributed by atoms with E-state index in [0.717, 1.165) is 5.69 Å². The van der Waals surface area contributed by atoms with E-state index in [2.05, 4.69) is 25.2 Å². The van der Waals surface area contributed by atoms with Gasteiger partial charge in [-0.1, -0.05) is 39.8 Å². The van der Waals surface area contributed by atoms with E-state index < -0.39 is 12.1 Å². The smallest absolute Gasteiger partial charge is 0.250 e. The maximum atomic E-state index is 12.6. The van der Waals surface area contributed by atoms with Crippen LogP contribution >= 0.6 is 0 Å². The first kappa shape index (κ1) is 15.5. The normalized spacial score (nSPS) is 22.9. The van der Waals surface area contributed by atoms with Crippen LogP contribution in [0.4, 0.5) is 5.69 Å². The molecule has 21 heavy (non-hydrogen) atoms. The van der Waals surface area contributed by atoms with Crippen LogP contribution in [0.2, 0.25) is 0 Å². The van der Waals surface area contributed by atoms with Gasteiger partial charge in [0.1, 0.15) is 12.1 Å². The summed E-state index contributed by atoms with van der Waals surface area (Å²) >= 11 is 0. The monoisotopic (exact) mass is 288 g/mol. The minimum absolute atomic E-state index is 0.0470. The SMILES string of the molecule is CC1NC(=O)C(C(C)C)N(c2cccc(C(C)C)c2)C1=O. The highest BCUT2D eigenvalue weighted by Crippen LogP contribution is 2.28. The molecule has 1 aromatic rings. The number of amides is 2. The summed E-state index contributed by atoms with van der Waals surface area (Å²) in [5.41, 5.74) is 1.98. The van der Waals surface area contributed by atoms with Crippen LogP contribution in [0.15, 0.2) is 24.3 Å². The predicted octanol–water partition coefficient (Wildman–Crippen LogP) is 2.69. The van der Waals surface area contributed by atoms with Gasteiger partial charge in [-0.25, -0.2) is 0 Å². The lowest BCUT2D eigenvalue weighted by Gasteiger charge is -2.40. The number of benzene rings is 1. The highest BCUT2D eigenvalue weighted by molar-refractivity contribution is 6.08. The van der Waals surface area contributed by atoms with Crippen LogP contribution < -0.4 is 10.2 Å². The summed E-state index contributed by atoms with van der Waals surface area (Å²) in [6, 6.07) is 7.00. The average Bonchev–Trinajstić information content (AvgIpc) is 2.42. The minimum atomic E-state index is -0.477. The number of anilines is 1. The van der Waals surface area contributed by atoms with Crippen LogP contribution in [0, 0.1) is 5.92 Å². The first-order valence-electron chi connectivity index (χ1n) is 7.56. The zero-order chi connectivity index (χ0) is 15.7. The van der Waals surface area contributed by atoms with Crippen molar-refractivity contribution in [1.29, 1.82) is 0 Å². The summed E-state index contributed by atoms with van der Waals surface area (Å²) in [7, 11) is 0. The summed E-state index contributed by atoms with van der Waals surface area (Å²) in [5.74, 6) is 0.319. The van der Waals surface area contributed by atoms with Gasteiger partial charge in [-0.3, -0.25) is 14.5 Å². The Kier molecular flexibility index (Phi) is 4.35. The van der Waals surface area contributed by atoms with Crippen molar-refractivity contribution in [2.75, 3.05) is 4.90 Å². The number of carbonyl (C=O) groups excluding carboxylic acids is 2. The second-order valence-corrected chi connectivity index (χ2v) is 6.38. The molecule has 1 saturated heterocycles. The number of nitrogens with one attached hydrogen (secondary N) is 1. The summed E-state index contributed by atoms with van der Waals surface area (Å²) in [4.78, 5) is 26.5. The van der Waals surface area contributed by atoms with Crippen molar-refractivity contribution < 1.29 is 9.59 Å². The molecule has 2 unspecified atom stereocenters. The van der Waals surface area contributed by atoms with Crippen LogP contribution in [0.25, 0.3) is 0 Å². The van der Waals surface area contributed by atoms with Gasteiger partial charge in [0, 0.05) is 5.69 Å². The topological polar surface area (TPSA) is 49.4 Å². The Balaban J connectivity index is 2.47. The Bertz CT molecular complexity index is 551. The zero-order valence-corrected chi connectivity index (χ0v) is 13.4. The first-order chi connectivity index (χ1) is 9.82. The zero-order valence-electron chi connectivity index (χ0n) is 13.4. The van der Waals surface area contributed by atoms with Crippen LogP contribution in [0.3, 0.4) is 0 Å². The molecule has 2 rings (SSSR count). The number of nitrogens with zero attached hydrogens (tertiary/aromatic N) is 1. The van der Waals surface area contributed by atoms with E-state index in [1.54, 1.807) is 11.8 Å². The van der Waals surface area contributed by atoms with Crippen molar-refractivity contribution in [2.45, 2.75) is 52.6 Å². The third-order valence-corrected chi connectivity index (χ3v) is 3.96. The van der Waals surface area contributed by atoms with Crippen molar-refractivity contribution in [3.63, 3.8) is 0 Å². The predicted molar refractivity (Wildman–Crippen MR) is 84.2 cm³/mol. The number of hydrogen-bond donors (Lipinski definition) is 1. The molecule has 1 heterocycles. The van der Waals surface area contributed by atoms with Crippen molar-refractivity contribution in [3.05, 3.63) is 29.8 Å². The molecule has 1 fully saturated rings. The Morgan fingerprint density at radius 1 is 1.14 bits per heavy atom. The number of piperazine rings is 1. The molecule has 0 aliphatic carbocycles. The average molecular weight is 288 g/mol. The summed E-state index contributed by atoms with van der Waals surface area (Å²) in [6.45, 7) is 9.90. The molecule has 4 heteroatoms. The van der Waals surface area contributed by atoms with Crippen molar-refractivity contribution in [2.24, 2.45) is 5.92 Å². The number of rotatable bonds is 3. The van der Waals surface area contributed by atoms with Gasteiger partial charge in [-0.15, -0.1) is 0 Å². The highest BCUT2D eigenvalue weighted by atomic mass is 16.2. The molecule has 1 aromatic carbocycles. The van der Waals surface area contributed by atoms with Gasteiger partial charge in [0.25, 0.3) is 0 Å². The van der Waals surface area contributed by atoms with Gasteiger partial charge in [0.05, 0.1) is 0 Å². The fraction of sp³-hybridized carbons (Fsp3) is 0.529. The molecule has 1 aliphatic rings. The van der Waals surface area contributed by atoms with E-state index in [4.69, 9.17) is 0 Å². The molecule has 2 atom stereocenters. The fourth-order valence-corrected chi connectivity index (χ4v) is 2.75. The molecule has 2 amide bonds. The third kappa shape index (κ3) is 2.94. The molecule has 0 saturated carbocycles. The van der Waals surface area contributed by atoms with Crippen molar-refractivity contribution in [3.8, 4) is 0 Å². The van der Waals surface area contributed by atoms with Gasteiger partial charge in [-0.2, -0.15) is 0 Å². The summed E-state index contributed by atoms with van der Waals surface area (Å²) in [6.07, 6.45) is 0. The molecular formula is C17H24N2O2. The van der Waals surface area contributed by atoms with Gasteiger partial charge >= 0.3 is 0 Å². The maximum Gasteiger partial charge on any atom is 0.250 e. The second kappa shape index (κ2) is 5.88. The van der Waals surface area contributed by atoms with E-state index in [1.807, 2.05) is 32.0 Å². The Labute approximate surface area is 126 Å². The Morgan fingerprint density at radius 3 is 2.38 bits per heavy atom. The van der Waals surface area contributed by atoms with E-state index in [9.17, 15) is 9.59 Å². The van der Waals surface area contributed by atoms with Crippen LogP contribution in [0.1, 0.15) is 46.1 Å². The Hall–Kier alpha value is -1.84. The van der Waals surface area contributed by atoms with Crippen molar-refractivity contribution in [1.82, 2.24) is 5.32 Å². The second-order valence-electron chi connectivity index (χ2n) is 6.38. The summed E-state index contributed by atoms with van der Waals surface area (Å²) < 4.78 is 0. The van der Waals surface area contributed by atoms with E-state index in [0.29, 0.717) is 5.92 Å². The molecule has 1 aliphatic heterocycles. The minimum Gasteiger partial charge on any atom is -0.343 e. The van der Waals surface area contributed by atoms with Crippen LogP contribution in [-0.4, -0.2) is 23.9 Å². The molecule has 0 aromatic heterocycles. The fourth-order valence-electron chi connectivity index (χ4n) is 2.75. The molecule has 4 nitrogen and oxygen atoms in total. The van der Waals surface area contributed by atoms with E-state index in [1.165, 1.54) is 5.56 Å². The van der Waals surface area contributed by atoms with Gasteiger partial charge in [0.2, 0.25) is 11.8 Å². The van der Waals surface area contributed by atoms with Gasteiger partial charge < -0.3 is 5.32 Å². The van der Waals surface area contributed by atoms with Crippen LogP contribution in [0.5, 0.6) is 0 Å². The largest absolute Gasteiger partial charge is 0.343 e. The Morgan fingerprint density at radius 2 is 1.81 bits per heavy atom. The van der Waals surface area contributed by atoms with Gasteiger partial charge in [-0.05, 0) is 36.5 Å². The van der Waals surface area contributed by atoms with E-state index >= 15 is 0 Å². The maximum absolute atomic E-state index is 12.6. The lowest BCUT2D eigenvalue weighted by molar-refractivity contribution is -0.134. The molecule has 1 N–H and O–H groups in total. The highest BCUT2D eigenvalue weighted by Gasteiger charge is 2.41. The summed E-state index contributed by atoms with van der Waals surface area (Å²) in [5, 5.41) is 2.77. The quantitative estimate of drug-likeness (QED) is 0.929. The molecule has 114 valence electrons. The lowest BCUT2D eigenvalue weighted by Crippen LogP contribution is -2.64. The molecule has 0 radical (unpaired) electrons.